The summed E-state index contributed by atoms with van der Waals surface area (Å²) in [6, 6.07) is 23.8. The van der Waals surface area contributed by atoms with E-state index in [1.165, 1.54) is 10.1 Å². The molecule has 0 aliphatic carbocycles. The Morgan fingerprint density at radius 3 is 2.67 bits per heavy atom. The number of rotatable bonds is 8. The van der Waals surface area contributed by atoms with Crippen molar-refractivity contribution in [3.05, 3.63) is 108 Å². The molecule has 0 N–H and O–H groups in total. The highest BCUT2D eigenvalue weighted by molar-refractivity contribution is 14.1. The lowest BCUT2D eigenvalue weighted by Gasteiger charge is -2.15. The van der Waals surface area contributed by atoms with Gasteiger partial charge in [-0.3, -0.25) is 4.79 Å². The summed E-state index contributed by atoms with van der Waals surface area (Å²) in [5, 5.41) is 7.45. The second-order valence-corrected chi connectivity index (χ2v) is 11.3. The molecule has 1 heterocycles. The SMILES string of the molecule is CC[C@@H](C)c1nc2ccc(Br)cc2c(=O)n1N=Cc1cc(I)c(OCc2cccc3ccccc23)c(OC)c1. The zero-order valence-corrected chi connectivity index (χ0v) is 25.6. The van der Waals surface area contributed by atoms with Gasteiger partial charge in [0, 0.05) is 10.4 Å². The monoisotopic (exact) mass is 695 g/mol. The average molecular weight is 696 g/mol. The molecular weight excluding hydrogens is 669 g/mol. The van der Waals surface area contributed by atoms with Crippen LogP contribution < -0.4 is 15.0 Å². The summed E-state index contributed by atoms with van der Waals surface area (Å²) in [6.45, 7) is 4.53. The van der Waals surface area contributed by atoms with Crippen molar-refractivity contribution in [1.29, 1.82) is 0 Å². The number of halogens is 2. The van der Waals surface area contributed by atoms with Gasteiger partial charge in [-0.25, -0.2) is 4.98 Å². The smallest absolute Gasteiger partial charge is 0.282 e. The van der Waals surface area contributed by atoms with Crippen molar-refractivity contribution in [1.82, 2.24) is 9.66 Å². The van der Waals surface area contributed by atoms with Gasteiger partial charge in [-0.2, -0.15) is 9.78 Å². The Morgan fingerprint density at radius 2 is 1.87 bits per heavy atom. The van der Waals surface area contributed by atoms with E-state index in [0.717, 1.165) is 31.0 Å². The van der Waals surface area contributed by atoms with E-state index in [1.807, 2.05) is 49.4 Å². The van der Waals surface area contributed by atoms with E-state index in [4.69, 9.17) is 14.5 Å². The fourth-order valence-electron chi connectivity index (χ4n) is 4.43. The van der Waals surface area contributed by atoms with Gasteiger partial charge in [0.25, 0.3) is 5.56 Å². The minimum atomic E-state index is -0.204. The summed E-state index contributed by atoms with van der Waals surface area (Å²) >= 11 is 5.70. The summed E-state index contributed by atoms with van der Waals surface area (Å²) in [6.07, 6.45) is 2.50. The predicted octanol–water partition coefficient (Wildman–Crippen LogP) is 7.90. The number of ether oxygens (including phenoxy) is 2. The van der Waals surface area contributed by atoms with Gasteiger partial charge in [0.15, 0.2) is 11.5 Å². The van der Waals surface area contributed by atoms with Crippen LogP contribution in [0.2, 0.25) is 0 Å². The van der Waals surface area contributed by atoms with Crippen molar-refractivity contribution in [2.24, 2.45) is 5.10 Å². The van der Waals surface area contributed by atoms with Crippen molar-refractivity contribution in [2.75, 3.05) is 7.11 Å². The van der Waals surface area contributed by atoms with Gasteiger partial charge < -0.3 is 9.47 Å². The maximum absolute atomic E-state index is 13.4. The van der Waals surface area contributed by atoms with Crippen LogP contribution in [0.1, 0.15) is 43.1 Å². The quantitative estimate of drug-likeness (QED) is 0.122. The highest BCUT2D eigenvalue weighted by Crippen LogP contribution is 2.35. The number of fused-ring (bicyclic) bond motifs is 2. The van der Waals surface area contributed by atoms with Crippen molar-refractivity contribution in [3.63, 3.8) is 0 Å². The Bertz CT molecular complexity index is 1760. The van der Waals surface area contributed by atoms with Gasteiger partial charge in [0.2, 0.25) is 0 Å². The zero-order chi connectivity index (χ0) is 27.5. The third kappa shape index (κ3) is 5.72. The van der Waals surface area contributed by atoms with E-state index in [9.17, 15) is 4.79 Å². The van der Waals surface area contributed by atoms with Gasteiger partial charge in [0.05, 0.1) is 27.8 Å². The van der Waals surface area contributed by atoms with E-state index < -0.39 is 0 Å². The lowest BCUT2D eigenvalue weighted by molar-refractivity contribution is 0.283. The number of aromatic nitrogens is 2. The molecule has 0 amide bonds. The van der Waals surface area contributed by atoms with Crippen molar-refractivity contribution < 1.29 is 9.47 Å². The van der Waals surface area contributed by atoms with Gasteiger partial charge >= 0.3 is 0 Å². The Balaban J connectivity index is 1.48. The molecule has 0 spiro atoms. The molecule has 8 heteroatoms. The second kappa shape index (κ2) is 11.9. The number of methoxy groups -OCH3 is 1. The lowest BCUT2D eigenvalue weighted by atomic mass is 10.1. The Morgan fingerprint density at radius 1 is 1.08 bits per heavy atom. The molecule has 0 fully saturated rings. The molecule has 0 aliphatic rings. The molecular formula is C31H27BrIN3O3. The Hall–Kier alpha value is -3.24. The van der Waals surface area contributed by atoms with Crippen LogP contribution in [0.4, 0.5) is 0 Å². The zero-order valence-electron chi connectivity index (χ0n) is 21.8. The molecule has 0 radical (unpaired) electrons. The lowest BCUT2D eigenvalue weighted by Crippen LogP contribution is -2.23. The molecule has 1 aromatic heterocycles. The van der Waals surface area contributed by atoms with Crippen LogP contribution in [0.25, 0.3) is 21.7 Å². The first-order valence-electron chi connectivity index (χ1n) is 12.6. The van der Waals surface area contributed by atoms with Crippen LogP contribution in [-0.2, 0) is 6.61 Å². The maximum Gasteiger partial charge on any atom is 0.282 e. The van der Waals surface area contributed by atoms with Crippen LogP contribution in [0.15, 0.2) is 87.2 Å². The third-order valence-electron chi connectivity index (χ3n) is 6.71. The van der Waals surface area contributed by atoms with E-state index in [-0.39, 0.29) is 11.5 Å². The minimum absolute atomic E-state index is 0.0578. The van der Waals surface area contributed by atoms with E-state index in [0.29, 0.717) is 34.8 Å². The van der Waals surface area contributed by atoms with Crippen LogP contribution in [-0.4, -0.2) is 23.0 Å². The van der Waals surface area contributed by atoms with Crippen molar-refractivity contribution >= 4 is 66.4 Å². The molecule has 0 bridgehead atoms. The summed E-state index contributed by atoms with van der Waals surface area (Å²) in [5.74, 6) is 1.95. The molecule has 5 rings (SSSR count). The molecule has 0 saturated heterocycles. The molecule has 1 atom stereocenters. The van der Waals surface area contributed by atoms with Crippen molar-refractivity contribution in [2.45, 2.75) is 32.8 Å². The highest BCUT2D eigenvalue weighted by Gasteiger charge is 2.16. The number of benzene rings is 4. The van der Waals surface area contributed by atoms with Gasteiger partial charge in [0.1, 0.15) is 12.4 Å². The third-order valence-corrected chi connectivity index (χ3v) is 8.01. The molecule has 0 unspecified atom stereocenters. The molecule has 39 heavy (non-hydrogen) atoms. The predicted molar refractivity (Wildman–Crippen MR) is 169 cm³/mol. The molecule has 4 aromatic carbocycles. The number of hydrogen-bond donors (Lipinski definition) is 0. The maximum atomic E-state index is 13.4. The summed E-state index contributed by atoms with van der Waals surface area (Å²) in [7, 11) is 1.62. The standard InChI is InChI=1S/C31H27BrIN3O3/c1-4-19(2)30-35-27-13-12-23(32)16-25(27)31(37)36(30)34-17-20-14-26(33)29(28(15-20)38-3)39-18-22-10-7-9-21-8-5-6-11-24(21)22/h5-17,19H,4,18H2,1-3H3/t19-/m1/s1. The minimum Gasteiger partial charge on any atom is -0.493 e. The van der Waals surface area contributed by atoms with Crippen LogP contribution >= 0.6 is 38.5 Å². The highest BCUT2D eigenvalue weighted by atomic mass is 127. The van der Waals surface area contributed by atoms with Gasteiger partial charge in [-0.05, 0) is 81.2 Å². The van der Waals surface area contributed by atoms with E-state index in [1.54, 1.807) is 19.4 Å². The topological polar surface area (TPSA) is 65.7 Å². The normalized spacial score (nSPS) is 12.3. The van der Waals surface area contributed by atoms with Crippen LogP contribution in [0, 0.1) is 3.57 Å². The summed E-state index contributed by atoms with van der Waals surface area (Å²) in [5.41, 5.74) is 2.34. The van der Waals surface area contributed by atoms with Gasteiger partial charge in [-0.15, -0.1) is 0 Å². The first kappa shape index (κ1) is 27.3. The fourth-order valence-corrected chi connectivity index (χ4v) is 5.57. The molecule has 0 saturated carbocycles. The Labute approximate surface area is 248 Å². The number of hydrogen-bond acceptors (Lipinski definition) is 5. The Kier molecular flexibility index (Phi) is 8.32. The summed E-state index contributed by atoms with van der Waals surface area (Å²) < 4.78 is 15.1. The molecule has 0 aliphatic heterocycles. The largest absolute Gasteiger partial charge is 0.493 e. The first-order valence-corrected chi connectivity index (χ1v) is 14.5. The van der Waals surface area contributed by atoms with E-state index in [2.05, 4.69) is 74.8 Å². The first-order chi connectivity index (χ1) is 18.9. The fraction of sp³-hybridized carbons (Fsp3) is 0.194. The average Bonchev–Trinajstić information content (AvgIpc) is 2.95. The summed E-state index contributed by atoms with van der Waals surface area (Å²) in [4.78, 5) is 18.2. The molecule has 5 aromatic rings. The number of nitrogens with zero attached hydrogens (tertiary/aromatic N) is 3. The second-order valence-electron chi connectivity index (χ2n) is 9.26. The molecule has 6 nitrogen and oxygen atoms in total. The van der Waals surface area contributed by atoms with E-state index >= 15 is 0 Å². The van der Waals surface area contributed by atoms with Crippen LogP contribution in [0.3, 0.4) is 0 Å². The van der Waals surface area contributed by atoms with Crippen LogP contribution in [0.5, 0.6) is 11.5 Å². The molecule has 198 valence electrons. The van der Waals surface area contributed by atoms with Crippen molar-refractivity contribution in [3.8, 4) is 11.5 Å². The van der Waals surface area contributed by atoms with Gasteiger partial charge in [-0.1, -0.05) is 72.2 Å².